The van der Waals surface area contributed by atoms with E-state index in [1.807, 2.05) is 0 Å². The average molecular weight is 301 g/mol. The molecule has 0 amide bonds. The summed E-state index contributed by atoms with van der Waals surface area (Å²) in [6.45, 7) is 0.707. The van der Waals surface area contributed by atoms with Gasteiger partial charge in [-0.3, -0.25) is 4.79 Å². The van der Waals surface area contributed by atoms with E-state index in [0.29, 0.717) is 11.1 Å². The molecule has 2 nitrogen and oxygen atoms in total. The first kappa shape index (κ1) is 12.7. The van der Waals surface area contributed by atoms with E-state index < -0.39 is 5.82 Å². The molecule has 4 heteroatoms. The van der Waals surface area contributed by atoms with Crippen LogP contribution in [0.5, 0.6) is 0 Å². The lowest BCUT2D eigenvalue weighted by Gasteiger charge is -2.21. The number of ether oxygens (including phenoxy) is 1. The Labute approximate surface area is 108 Å². The molecular formula is C13H14BrFO2. The lowest BCUT2D eigenvalue weighted by Crippen LogP contribution is -2.22. The summed E-state index contributed by atoms with van der Waals surface area (Å²) in [5.41, 5.74) is 0.147. The Bertz CT molecular complexity index is 414. The summed E-state index contributed by atoms with van der Waals surface area (Å²) in [4.78, 5) is 11.9. The van der Waals surface area contributed by atoms with Crippen LogP contribution in [0.1, 0.15) is 36.0 Å². The van der Waals surface area contributed by atoms with E-state index in [0.717, 1.165) is 19.3 Å². The minimum Gasteiger partial charge on any atom is -0.378 e. The third kappa shape index (κ3) is 3.13. The van der Waals surface area contributed by atoms with Crippen LogP contribution >= 0.6 is 15.9 Å². The Morgan fingerprint density at radius 1 is 1.47 bits per heavy atom. The minimum absolute atomic E-state index is 0.0466. The number of hydrogen-bond acceptors (Lipinski definition) is 2. The zero-order chi connectivity index (χ0) is 12.3. The molecule has 0 spiro atoms. The van der Waals surface area contributed by atoms with E-state index in [4.69, 9.17) is 4.74 Å². The quantitative estimate of drug-likeness (QED) is 0.795. The molecule has 1 aromatic rings. The van der Waals surface area contributed by atoms with Gasteiger partial charge in [0, 0.05) is 13.0 Å². The molecule has 0 saturated carbocycles. The van der Waals surface area contributed by atoms with Gasteiger partial charge in [0.15, 0.2) is 5.78 Å². The van der Waals surface area contributed by atoms with Gasteiger partial charge < -0.3 is 4.74 Å². The Morgan fingerprint density at radius 3 is 3.00 bits per heavy atom. The van der Waals surface area contributed by atoms with Gasteiger partial charge in [-0.1, -0.05) is 6.07 Å². The molecule has 92 valence electrons. The normalized spacial score (nSPS) is 20.2. The summed E-state index contributed by atoms with van der Waals surface area (Å²) < 4.78 is 19.5. The summed E-state index contributed by atoms with van der Waals surface area (Å²) in [5, 5.41) is 0. The molecule has 1 aliphatic rings. The van der Waals surface area contributed by atoms with Crippen LogP contribution in [0.2, 0.25) is 0 Å². The molecule has 1 unspecified atom stereocenters. The van der Waals surface area contributed by atoms with Crippen LogP contribution in [0.15, 0.2) is 22.7 Å². The number of halogens is 2. The molecule has 1 heterocycles. The van der Waals surface area contributed by atoms with E-state index in [2.05, 4.69) is 15.9 Å². The molecular weight excluding hydrogens is 287 g/mol. The molecule has 1 atom stereocenters. The van der Waals surface area contributed by atoms with E-state index in [1.54, 1.807) is 12.1 Å². The summed E-state index contributed by atoms with van der Waals surface area (Å²) in [6.07, 6.45) is 3.25. The number of benzene rings is 1. The van der Waals surface area contributed by atoms with Crippen LogP contribution in [0, 0.1) is 5.82 Å². The third-order valence-corrected chi connectivity index (χ3v) is 3.55. The summed E-state index contributed by atoms with van der Waals surface area (Å²) in [5.74, 6) is -0.663. The van der Waals surface area contributed by atoms with Gasteiger partial charge in [0.05, 0.1) is 16.1 Å². The van der Waals surface area contributed by atoms with Crippen LogP contribution in [0.3, 0.4) is 0 Å². The maximum atomic E-state index is 13.7. The lowest BCUT2D eigenvalue weighted by atomic mass is 10.00. The monoisotopic (exact) mass is 300 g/mol. The molecule has 0 bridgehead atoms. The molecule has 17 heavy (non-hydrogen) atoms. The maximum absolute atomic E-state index is 13.7. The van der Waals surface area contributed by atoms with E-state index >= 15 is 0 Å². The fraction of sp³-hybridized carbons (Fsp3) is 0.462. The van der Waals surface area contributed by atoms with Crippen molar-refractivity contribution >= 4 is 21.7 Å². The highest BCUT2D eigenvalue weighted by Gasteiger charge is 2.21. The standard InChI is InChI=1S/C13H14BrFO2/c14-11-6-3-5-10(13(11)15)12(16)8-9-4-1-2-7-17-9/h3,5-6,9H,1-2,4,7-8H2. The molecule has 0 aromatic heterocycles. The van der Waals surface area contributed by atoms with Crippen molar-refractivity contribution < 1.29 is 13.9 Å². The Balaban J connectivity index is 2.06. The zero-order valence-corrected chi connectivity index (χ0v) is 11.0. The van der Waals surface area contributed by atoms with Gasteiger partial charge in [0.2, 0.25) is 0 Å². The molecule has 1 fully saturated rings. The van der Waals surface area contributed by atoms with Gasteiger partial charge in [-0.05, 0) is 47.3 Å². The van der Waals surface area contributed by atoms with E-state index in [1.165, 1.54) is 6.07 Å². The average Bonchev–Trinajstić information content (AvgIpc) is 2.34. The van der Waals surface area contributed by atoms with Crippen molar-refractivity contribution in [2.45, 2.75) is 31.8 Å². The number of carbonyl (C=O) groups excluding carboxylic acids is 1. The van der Waals surface area contributed by atoms with Crippen LogP contribution in [0.25, 0.3) is 0 Å². The van der Waals surface area contributed by atoms with Crippen LogP contribution < -0.4 is 0 Å². The fourth-order valence-corrected chi connectivity index (χ4v) is 2.37. The summed E-state index contributed by atoms with van der Waals surface area (Å²) in [6, 6.07) is 4.77. The number of Topliss-reactive ketones (excluding diaryl/α,β-unsaturated/α-hetero) is 1. The highest BCUT2D eigenvalue weighted by atomic mass is 79.9. The highest BCUT2D eigenvalue weighted by molar-refractivity contribution is 9.10. The fourth-order valence-electron chi connectivity index (χ4n) is 2.00. The summed E-state index contributed by atoms with van der Waals surface area (Å²) >= 11 is 3.08. The van der Waals surface area contributed by atoms with Gasteiger partial charge in [0.1, 0.15) is 5.82 Å². The van der Waals surface area contributed by atoms with E-state index in [9.17, 15) is 9.18 Å². The van der Waals surface area contributed by atoms with Crippen LogP contribution in [0.4, 0.5) is 4.39 Å². The van der Waals surface area contributed by atoms with Crippen LogP contribution in [-0.4, -0.2) is 18.5 Å². The predicted molar refractivity (Wildman–Crippen MR) is 66.6 cm³/mol. The summed E-state index contributed by atoms with van der Waals surface area (Å²) in [7, 11) is 0. The van der Waals surface area contributed by atoms with Crippen molar-refractivity contribution in [3.8, 4) is 0 Å². The van der Waals surface area contributed by atoms with Crippen molar-refractivity contribution in [2.24, 2.45) is 0 Å². The molecule has 1 saturated heterocycles. The molecule has 0 radical (unpaired) electrons. The predicted octanol–water partition coefficient (Wildman–Crippen LogP) is 3.73. The second-order valence-electron chi connectivity index (χ2n) is 4.22. The number of ketones is 1. The number of rotatable bonds is 3. The second kappa shape index (κ2) is 5.74. The van der Waals surface area contributed by atoms with E-state index in [-0.39, 0.29) is 23.9 Å². The van der Waals surface area contributed by atoms with Gasteiger partial charge in [0.25, 0.3) is 0 Å². The molecule has 2 rings (SSSR count). The molecule has 0 N–H and O–H groups in total. The smallest absolute Gasteiger partial charge is 0.168 e. The lowest BCUT2D eigenvalue weighted by molar-refractivity contribution is 0.0128. The number of carbonyl (C=O) groups is 1. The Kier molecular flexibility index (Phi) is 4.29. The van der Waals surface area contributed by atoms with Gasteiger partial charge >= 0.3 is 0 Å². The van der Waals surface area contributed by atoms with Gasteiger partial charge in [-0.25, -0.2) is 4.39 Å². The SMILES string of the molecule is O=C(CC1CCCCO1)c1cccc(Br)c1F. The van der Waals surface area contributed by atoms with Crippen molar-refractivity contribution in [3.63, 3.8) is 0 Å². The highest BCUT2D eigenvalue weighted by Crippen LogP contribution is 2.22. The molecule has 1 aromatic carbocycles. The zero-order valence-electron chi connectivity index (χ0n) is 9.42. The third-order valence-electron chi connectivity index (χ3n) is 2.94. The maximum Gasteiger partial charge on any atom is 0.168 e. The number of hydrogen-bond donors (Lipinski definition) is 0. The van der Waals surface area contributed by atoms with Crippen molar-refractivity contribution in [2.75, 3.05) is 6.61 Å². The second-order valence-corrected chi connectivity index (χ2v) is 5.07. The topological polar surface area (TPSA) is 26.3 Å². The van der Waals surface area contributed by atoms with Crippen molar-refractivity contribution in [1.29, 1.82) is 0 Å². The van der Waals surface area contributed by atoms with Crippen LogP contribution in [-0.2, 0) is 4.74 Å². The van der Waals surface area contributed by atoms with Crippen molar-refractivity contribution in [3.05, 3.63) is 34.1 Å². The van der Waals surface area contributed by atoms with Gasteiger partial charge in [-0.15, -0.1) is 0 Å². The Hall–Kier alpha value is -0.740. The minimum atomic E-state index is -0.478. The Morgan fingerprint density at radius 2 is 2.29 bits per heavy atom. The largest absolute Gasteiger partial charge is 0.378 e. The van der Waals surface area contributed by atoms with Gasteiger partial charge in [-0.2, -0.15) is 0 Å². The van der Waals surface area contributed by atoms with Crippen molar-refractivity contribution in [1.82, 2.24) is 0 Å². The first-order valence-corrected chi connectivity index (χ1v) is 6.56. The first-order chi connectivity index (χ1) is 8.18. The first-order valence-electron chi connectivity index (χ1n) is 5.77. The molecule has 1 aliphatic heterocycles. The molecule has 0 aliphatic carbocycles.